The number of rotatable bonds is 6. The Labute approximate surface area is 108 Å². The predicted molar refractivity (Wildman–Crippen MR) is 69.9 cm³/mol. The van der Waals surface area contributed by atoms with Gasteiger partial charge in [-0.3, -0.25) is 0 Å². The fraction of sp³-hybridized carbons (Fsp3) is 0.692. The van der Waals surface area contributed by atoms with Gasteiger partial charge in [-0.15, -0.1) is 0 Å². The summed E-state index contributed by atoms with van der Waals surface area (Å²) in [5, 5.41) is 3.20. The molecule has 1 N–H and O–H groups in total. The van der Waals surface area contributed by atoms with Gasteiger partial charge in [0.25, 0.3) is 0 Å². The molecule has 0 aliphatic carbocycles. The number of ether oxygens (including phenoxy) is 2. The van der Waals surface area contributed by atoms with Gasteiger partial charge >= 0.3 is 0 Å². The zero-order chi connectivity index (χ0) is 12.8. The monoisotopic (exact) mass is 251 g/mol. The lowest BCUT2D eigenvalue weighted by Crippen LogP contribution is -2.09. The Bertz CT molecular complexity index is 378. The van der Waals surface area contributed by atoms with Gasteiger partial charge in [-0.2, -0.15) is 4.98 Å². The summed E-state index contributed by atoms with van der Waals surface area (Å²) in [6.07, 6.45) is 3.05. The second kappa shape index (κ2) is 6.54. The van der Waals surface area contributed by atoms with Crippen LogP contribution in [-0.4, -0.2) is 29.7 Å². The molecule has 1 aliphatic heterocycles. The maximum Gasteiger partial charge on any atom is 0.218 e. The zero-order valence-electron chi connectivity index (χ0n) is 11.1. The van der Waals surface area contributed by atoms with E-state index in [9.17, 15) is 0 Å². The molecule has 1 fully saturated rings. The van der Waals surface area contributed by atoms with Crippen molar-refractivity contribution in [2.24, 2.45) is 0 Å². The van der Waals surface area contributed by atoms with Crippen molar-refractivity contribution in [1.82, 2.24) is 9.97 Å². The Morgan fingerprint density at radius 2 is 2.33 bits per heavy atom. The molecule has 1 saturated heterocycles. The molecule has 0 bridgehead atoms. The van der Waals surface area contributed by atoms with Crippen molar-refractivity contribution in [2.45, 2.75) is 39.2 Å². The van der Waals surface area contributed by atoms with Gasteiger partial charge in [-0.25, -0.2) is 4.98 Å². The first-order valence-corrected chi connectivity index (χ1v) is 6.70. The van der Waals surface area contributed by atoms with Gasteiger partial charge in [0, 0.05) is 19.2 Å². The van der Waals surface area contributed by atoms with Gasteiger partial charge in [0.2, 0.25) is 5.88 Å². The molecule has 0 spiro atoms. The fourth-order valence-electron chi connectivity index (χ4n) is 1.92. The van der Waals surface area contributed by atoms with Gasteiger partial charge in [-0.05, 0) is 26.2 Å². The highest BCUT2D eigenvalue weighted by molar-refractivity contribution is 5.38. The summed E-state index contributed by atoms with van der Waals surface area (Å²) >= 11 is 0. The van der Waals surface area contributed by atoms with Gasteiger partial charge in [-0.1, -0.05) is 6.92 Å². The molecule has 5 nitrogen and oxygen atoms in total. The van der Waals surface area contributed by atoms with E-state index in [4.69, 9.17) is 9.47 Å². The molecular formula is C13H21N3O2. The summed E-state index contributed by atoms with van der Waals surface area (Å²) in [5.41, 5.74) is 0. The number of nitrogens with zero attached hydrogens (tertiary/aromatic N) is 2. The van der Waals surface area contributed by atoms with E-state index in [0.717, 1.165) is 44.1 Å². The first kappa shape index (κ1) is 13.1. The van der Waals surface area contributed by atoms with E-state index in [2.05, 4.69) is 22.2 Å². The lowest BCUT2D eigenvalue weighted by molar-refractivity contribution is 0.104. The number of aromatic nitrogens is 2. The van der Waals surface area contributed by atoms with Crippen molar-refractivity contribution in [3.63, 3.8) is 0 Å². The Kier molecular flexibility index (Phi) is 4.75. The van der Waals surface area contributed by atoms with Crippen LogP contribution in [0.15, 0.2) is 6.07 Å². The molecule has 0 amide bonds. The second-order valence-electron chi connectivity index (χ2n) is 4.33. The highest BCUT2D eigenvalue weighted by Gasteiger charge is 2.21. The summed E-state index contributed by atoms with van der Waals surface area (Å²) in [6.45, 7) is 6.42. The third kappa shape index (κ3) is 3.32. The van der Waals surface area contributed by atoms with Crippen LogP contribution in [0.4, 0.5) is 5.82 Å². The van der Waals surface area contributed by atoms with Crippen molar-refractivity contribution in [1.29, 1.82) is 0 Å². The van der Waals surface area contributed by atoms with E-state index in [1.807, 2.05) is 13.0 Å². The summed E-state index contributed by atoms with van der Waals surface area (Å²) in [7, 11) is 0. The normalized spacial score (nSPS) is 18.9. The first-order chi connectivity index (χ1) is 8.83. The molecule has 0 saturated carbocycles. The van der Waals surface area contributed by atoms with Gasteiger partial charge < -0.3 is 14.8 Å². The summed E-state index contributed by atoms with van der Waals surface area (Å²) in [6, 6.07) is 1.84. The number of hydrogen-bond donors (Lipinski definition) is 1. The van der Waals surface area contributed by atoms with Crippen LogP contribution in [0.2, 0.25) is 0 Å². The Morgan fingerprint density at radius 3 is 3.00 bits per heavy atom. The Morgan fingerprint density at radius 1 is 1.44 bits per heavy atom. The van der Waals surface area contributed by atoms with Crippen molar-refractivity contribution in [3.8, 4) is 5.88 Å². The number of anilines is 1. The summed E-state index contributed by atoms with van der Waals surface area (Å²) in [5.74, 6) is 2.18. The quantitative estimate of drug-likeness (QED) is 0.842. The van der Waals surface area contributed by atoms with E-state index < -0.39 is 0 Å². The molecule has 100 valence electrons. The van der Waals surface area contributed by atoms with E-state index >= 15 is 0 Å². The average Bonchev–Trinajstić information content (AvgIpc) is 2.90. The molecular weight excluding hydrogens is 230 g/mol. The molecule has 1 aromatic heterocycles. The third-order valence-electron chi connectivity index (χ3n) is 2.75. The van der Waals surface area contributed by atoms with E-state index in [1.54, 1.807) is 0 Å². The highest BCUT2D eigenvalue weighted by Crippen LogP contribution is 2.28. The van der Waals surface area contributed by atoms with Crippen LogP contribution >= 0.6 is 0 Å². The van der Waals surface area contributed by atoms with Gasteiger partial charge in [0.15, 0.2) is 5.82 Å². The minimum Gasteiger partial charge on any atom is -0.478 e. The molecule has 0 radical (unpaired) electrons. The van der Waals surface area contributed by atoms with E-state index in [0.29, 0.717) is 12.5 Å². The molecule has 2 heterocycles. The minimum absolute atomic E-state index is 0.0209. The summed E-state index contributed by atoms with van der Waals surface area (Å²) in [4.78, 5) is 8.92. The smallest absolute Gasteiger partial charge is 0.218 e. The lowest BCUT2D eigenvalue weighted by atomic mass is 10.2. The molecule has 5 heteroatoms. The van der Waals surface area contributed by atoms with Crippen LogP contribution in [0.3, 0.4) is 0 Å². The van der Waals surface area contributed by atoms with Crippen molar-refractivity contribution in [2.75, 3.05) is 25.1 Å². The largest absolute Gasteiger partial charge is 0.478 e. The van der Waals surface area contributed by atoms with E-state index in [-0.39, 0.29) is 6.10 Å². The predicted octanol–water partition coefficient (Wildman–Crippen LogP) is 2.55. The second-order valence-corrected chi connectivity index (χ2v) is 4.33. The minimum atomic E-state index is 0.0209. The molecule has 1 unspecified atom stereocenters. The van der Waals surface area contributed by atoms with Crippen LogP contribution in [-0.2, 0) is 4.74 Å². The van der Waals surface area contributed by atoms with Gasteiger partial charge in [0.05, 0.1) is 6.61 Å². The van der Waals surface area contributed by atoms with Crippen LogP contribution in [0.1, 0.15) is 45.0 Å². The van der Waals surface area contributed by atoms with Crippen LogP contribution < -0.4 is 10.1 Å². The van der Waals surface area contributed by atoms with Crippen molar-refractivity contribution in [3.05, 3.63) is 11.9 Å². The molecule has 2 rings (SSSR count). The van der Waals surface area contributed by atoms with Crippen LogP contribution in [0, 0.1) is 0 Å². The number of hydrogen-bond acceptors (Lipinski definition) is 5. The molecule has 18 heavy (non-hydrogen) atoms. The number of nitrogens with one attached hydrogen (secondary N) is 1. The van der Waals surface area contributed by atoms with Gasteiger partial charge in [0.1, 0.15) is 11.9 Å². The Hall–Kier alpha value is -1.36. The first-order valence-electron chi connectivity index (χ1n) is 6.70. The molecule has 1 aliphatic rings. The maximum atomic E-state index is 5.62. The van der Waals surface area contributed by atoms with Crippen LogP contribution in [0.5, 0.6) is 5.88 Å². The zero-order valence-corrected chi connectivity index (χ0v) is 11.1. The molecule has 1 aromatic rings. The maximum absolute atomic E-state index is 5.62. The third-order valence-corrected chi connectivity index (χ3v) is 2.75. The topological polar surface area (TPSA) is 56.3 Å². The Balaban J connectivity index is 2.17. The van der Waals surface area contributed by atoms with Crippen molar-refractivity contribution < 1.29 is 9.47 Å². The van der Waals surface area contributed by atoms with Crippen LogP contribution in [0.25, 0.3) is 0 Å². The molecule has 0 aromatic carbocycles. The lowest BCUT2D eigenvalue weighted by Gasteiger charge is -2.12. The average molecular weight is 251 g/mol. The standard InChI is InChI=1S/C13H21N3O2/c1-3-7-18-12-9-11(14-4-2)15-13(16-12)10-6-5-8-17-10/h9-10H,3-8H2,1-2H3,(H,14,15,16). The van der Waals surface area contributed by atoms with E-state index in [1.165, 1.54) is 0 Å². The molecule has 1 atom stereocenters. The SMILES string of the molecule is CCCOc1cc(NCC)nc(C2CCCO2)n1. The van der Waals surface area contributed by atoms with Crippen molar-refractivity contribution >= 4 is 5.82 Å². The summed E-state index contributed by atoms with van der Waals surface area (Å²) < 4.78 is 11.2. The fourth-order valence-corrected chi connectivity index (χ4v) is 1.92. The highest BCUT2D eigenvalue weighted by atomic mass is 16.5.